The lowest BCUT2D eigenvalue weighted by Gasteiger charge is -2.12. The second-order valence-corrected chi connectivity index (χ2v) is 5.20. The minimum atomic E-state index is -0.573. The first-order chi connectivity index (χ1) is 13.4. The maximum atomic E-state index is 12.4. The molecule has 2 aromatic rings. The molecule has 0 fully saturated rings. The van der Waals surface area contributed by atoms with Crippen molar-refractivity contribution in [3.8, 4) is 34.5 Å². The predicted octanol–water partition coefficient (Wildman–Crippen LogP) is 4.05. The number of carbonyl (C=O) groups excluding carboxylic acids is 1. The third-order valence-electron chi connectivity index (χ3n) is 3.67. The number of ketones is 1. The summed E-state index contributed by atoms with van der Waals surface area (Å²) in [7, 11) is 5.86. The molecule has 2 aromatic carbocycles. The van der Waals surface area contributed by atoms with Crippen LogP contribution in [0.15, 0.2) is 30.3 Å². The fourth-order valence-electron chi connectivity index (χ4n) is 2.41. The van der Waals surface area contributed by atoms with Gasteiger partial charge >= 0.3 is 0 Å². The Morgan fingerprint density at radius 2 is 1.32 bits per heavy atom. The van der Waals surface area contributed by atoms with Gasteiger partial charge < -0.3 is 29.2 Å². The van der Waals surface area contributed by atoms with E-state index in [2.05, 4.69) is 0 Å². The van der Waals surface area contributed by atoms with Gasteiger partial charge in [-0.05, 0) is 23.8 Å². The second-order valence-electron chi connectivity index (χ2n) is 5.20. The molecule has 0 amide bonds. The molecular formula is C21H26O7. The molecule has 0 saturated carbocycles. The Morgan fingerprint density at radius 3 is 1.71 bits per heavy atom. The summed E-state index contributed by atoms with van der Waals surface area (Å²) in [6.45, 7) is 4.00. The maximum absolute atomic E-state index is 12.4. The quantitative estimate of drug-likeness (QED) is 0.544. The van der Waals surface area contributed by atoms with Gasteiger partial charge in [0.15, 0.2) is 17.3 Å². The van der Waals surface area contributed by atoms with E-state index in [1.165, 1.54) is 52.7 Å². The molecule has 0 bridgehead atoms. The number of benzene rings is 2. The van der Waals surface area contributed by atoms with E-state index in [9.17, 15) is 15.0 Å². The summed E-state index contributed by atoms with van der Waals surface area (Å²) >= 11 is 0. The molecule has 28 heavy (non-hydrogen) atoms. The standard InChI is InChI=1S/C19H20O7.C2H6/c1-23-12-9-14(21)18(15(22)10-12)13(20)6-5-11-7-16(24-2)19(26-4)17(8-11)25-3;1-2/h5-10,21-22H,1-4H3;1-2H3/b6-5+;. The Hall–Kier alpha value is -3.35. The van der Waals surface area contributed by atoms with Crippen LogP contribution in [-0.2, 0) is 0 Å². The zero-order valence-corrected chi connectivity index (χ0v) is 16.9. The first-order valence-electron chi connectivity index (χ1n) is 8.57. The van der Waals surface area contributed by atoms with Gasteiger partial charge in [0.1, 0.15) is 22.8 Å². The fourth-order valence-corrected chi connectivity index (χ4v) is 2.41. The van der Waals surface area contributed by atoms with Gasteiger partial charge in [-0.2, -0.15) is 0 Å². The van der Waals surface area contributed by atoms with E-state index in [0.717, 1.165) is 0 Å². The molecule has 152 valence electrons. The number of allylic oxidation sites excluding steroid dienone is 1. The third kappa shape index (κ3) is 5.09. The van der Waals surface area contributed by atoms with Crippen LogP contribution >= 0.6 is 0 Å². The lowest BCUT2D eigenvalue weighted by Crippen LogP contribution is -1.98. The summed E-state index contributed by atoms with van der Waals surface area (Å²) < 4.78 is 20.7. The van der Waals surface area contributed by atoms with E-state index in [1.54, 1.807) is 12.1 Å². The van der Waals surface area contributed by atoms with Gasteiger partial charge in [0.05, 0.1) is 28.4 Å². The minimum Gasteiger partial charge on any atom is -0.507 e. The predicted molar refractivity (Wildman–Crippen MR) is 107 cm³/mol. The van der Waals surface area contributed by atoms with Crippen LogP contribution < -0.4 is 18.9 Å². The second kappa shape index (κ2) is 10.7. The number of rotatable bonds is 7. The minimum absolute atomic E-state index is 0.213. The van der Waals surface area contributed by atoms with Gasteiger partial charge in [-0.25, -0.2) is 0 Å². The highest BCUT2D eigenvalue weighted by atomic mass is 16.5. The van der Waals surface area contributed by atoms with Crippen LogP contribution in [-0.4, -0.2) is 44.4 Å². The lowest BCUT2D eigenvalue weighted by molar-refractivity contribution is 0.104. The number of carbonyl (C=O) groups is 1. The molecule has 0 unspecified atom stereocenters. The monoisotopic (exact) mass is 390 g/mol. The van der Waals surface area contributed by atoms with Crippen LogP contribution in [0.25, 0.3) is 6.08 Å². The van der Waals surface area contributed by atoms with Crippen LogP contribution in [0.5, 0.6) is 34.5 Å². The molecule has 0 atom stereocenters. The van der Waals surface area contributed by atoms with Crippen molar-refractivity contribution in [3.63, 3.8) is 0 Å². The summed E-state index contributed by atoms with van der Waals surface area (Å²) in [6.07, 6.45) is 2.73. The Balaban J connectivity index is 0.00000190. The number of ether oxygens (including phenoxy) is 4. The van der Waals surface area contributed by atoms with Crippen LogP contribution in [0.2, 0.25) is 0 Å². The van der Waals surface area contributed by atoms with Crippen molar-refractivity contribution in [1.29, 1.82) is 0 Å². The number of phenols is 2. The summed E-state index contributed by atoms with van der Waals surface area (Å²) in [5.41, 5.74) is 0.398. The highest BCUT2D eigenvalue weighted by Gasteiger charge is 2.17. The Bertz CT molecular complexity index is 793. The van der Waals surface area contributed by atoms with E-state index in [0.29, 0.717) is 22.8 Å². The van der Waals surface area contributed by atoms with Gasteiger partial charge in [-0.1, -0.05) is 19.9 Å². The Kier molecular flexibility index (Phi) is 8.68. The van der Waals surface area contributed by atoms with Gasteiger partial charge in [0.2, 0.25) is 5.75 Å². The van der Waals surface area contributed by atoms with E-state index in [4.69, 9.17) is 18.9 Å². The van der Waals surface area contributed by atoms with Crippen molar-refractivity contribution in [1.82, 2.24) is 0 Å². The number of aromatic hydroxyl groups is 2. The van der Waals surface area contributed by atoms with Gasteiger partial charge in [0.25, 0.3) is 0 Å². The lowest BCUT2D eigenvalue weighted by atomic mass is 10.1. The van der Waals surface area contributed by atoms with Crippen LogP contribution in [0.1, 0.15) is 29.8 Å². The maximum Gasteiger partial charge on any atom is 0.203 e. The fraction of sp³-hybridized carbons (Fsp3) is 0.286. The van der Waals surface area contributed by atoms with E-state index in [-0.39, 0.29) is 22.8 Å². The van der Waals surface area contributed by atoms with Crippen molar-refractivity contribution >= 4 is 11.9 Å². The molecule has 7 heteroatoms. The van der Waals surface area contributed by atoms with E-state index >= 15 is 0 Å². The van der Waals surface area contributed by atoms with Gasteiger partial charge in [0, 0.05) is 12.1 Å². The topological polar surface area (TPSA) is 94.5 Å². The Morgan fingerprint density at radius 1 is 0.821 bits per heavy atom. The molecule has 0 heterocycles. The Labute approximate surface area is 164 Å². The molecule has 0 radical (unpaired) electrons. The van der Waals surface area contributed by atoms with E-state index in [1.807, 2.05) is 13.8 Å². The molecule has 0 aliphatic heterocycles. The largest absolute Gasteiger partial charge is 0.507 e. The summed E-state index contributed by atoms with van der Waals surface area (Å²) in [5.74, 6) is 0.233. The zero-order valence-electron chi connectivity index (χ0n) is 16.9. The average molecular weight is 390 g/mol. The van der Waals surface area contributed by atoms with Crippen LogP contribution in [0.3, 0.4) is 0 Å². The number of hydrogen-bond donors (Lipinski definition) is 2. The molecule has 7 nitrogen and oxygen atoms in total. The molecule has 0 aromatic heterocycles. The first-order valence-corrected chi connectivity index (χ1v) is 8.57. The zero-order chi connectivity index (χ0) is 21.3. The van der Waals surface area contributed by atoms with Crippen molar-refractivity contribution in [3.05, 3.63) is 41.5 Å². The van der Waals surface area contributed by atoms with Crippen LogP contribution in [0.4, 0.5) is 0 Å². The van der Waals surface area contributed by atoms with Crippen molar-refractivity contribution in [2.24, 2.45) is 0 Å². The summed E-state index contributed by atoms with van der Waals surface area (Å²) in [4.78, 5) is 12.4. The normalized spacial score (nSPS) is 10.1. The molecule has 0 saturated heterocycles. The van der Waals surface area contributed by atoms with Crippen molar-refractivity contribution < 1.29 is 34.0 Å². The molecule has 0 spiro atoms. The molecule has 0 aliphatic carbocycles. The van der Waals surface area contributed by atoms with Crippen molar-refractivity contribution in [2.45, 2.75) is 13.8 Å². The highest BCUT2D eigenvalue weighted by molar-refractivity contribution is 6.10. The number of methoxy groups -OCH3 is 4. The third-order valence-corrected chi connectivity index (χ3v) is 3.67. The number of phenolic OH excluding ortho intramolecular Hbond substituents is 2. The summed E-state index contributed by atoms with van der Waals surface area (Å²) in [6, 6.07) is 5.83. The van der Waals surface area contributed by atoms with Gasteiger partial charge in [-0.15, -0.1) is 0 Å². The van der Waals surface area contributed by atoms with E-state index < -0.39 is 5.78 Å². The number of hydrogen-bond acceptors (Lipinski definition) is 7. The van der Waals surface area contributed by atoms with Crippen LogP contribution in [0, 0.1) is 0 Å². The SMILES string of the molecule is CC.COc1cc(O)c(C(=O)/C=C/c2cc(OC)c(OC)c(OC)c2)c(O)c1. The molecular weight excluding hydrogens is 364 g/mol. The molecule has 2 rings (SSSR count). The summed E-state index contributed by atoms with van der Waals surface area (Å²) in [5, 5.41) is 19.9. The highest BCUT2D eigenvalue weighted by Crippen LogP contribution is 2.38. The van der Waals surface area contributed by atoms with Gasteiger partial charge in [-0.3, -0.25) is 4.79 Å². The molecule has 0 aliphatic rings. The average Bonchev–Trinajstić information content (AvgIpc) is 2.71. The van der Waals surface area contributed by atoms with Crippen molar-refractivity contribution in [2.75, 3.05) is 28.4 Å². The first kappa shape index (κ1) is 22.7. The smallest absolute Gasteiger partial charge is 0.203 e. The molecule has 2 N–H and O–H groups in total.